The van der Waals surface area contributed by atoms with Crippen molar-refractivity contribution in [3.8, 4) is 5.75 Å². The molecule has 7 nitrogen and oxygen atoms in total. The van der Waals surface area contributed by atoms with Gasteiger partial charge < -0.3 is 15.4 Å². The fraction of sp³-hybridized carbons (Fsp3) is 0.381. The molecule has 0 radical (unpaired) electrons. The number of aliphatic imine (C=N–C) groups is 1. The summed E-state index contributed by atoms with van der Waals surface area (Å²) in [6.45, 7) is 3.81. The second-order valence-corrected chi connectivity index (χ2v) is 8.90. The fourth-order valence-electron chi connectivity index (χ4n) is 2.85. The number of benzene rings is 2. The minimum Gasteiger partial charge on any atom is -0.493 e. The average Bonchev–Trinajstić information content (AvgIpc) is 3.51. The van der Waals surface area contributed by atoms with Crippen LogP contribution < -0.4 is 20.5 Å². The molecule has 0 spiro atoms. The van der Waals surface area contributed by atoms with Crippen LogP contribution in [0.25, 0.3) is 0 Å². The molecule has 0 amide bonds. The maximum absolute atomic E-state index is 11.5. The van der Waals surface area contributed by atoms with Gasteiger partial charge in [-0.2, -0.15) is 0 Å². The Bertz CT molecular complexity index is 985. The molecule has 0 aliphatic heterocycles. The number of hydrogen-bond acceptors (Lipinski definition) is 4. The summed E-state index contributed by atoms with van der Waals surface area (Å²) < 4.78 is 29.0. The molecule has 2 aromatic carbocycles. The Morgan fingerprint density at radius 1 is 1.17 bits per heavy atom. The first-order valence-corrected chi connectivity index (χ1v) is 11.2. The molecule has 0 aromatic heterocycles. The summed E-state index contributed by atoms with van der Waals surface area (Å²) in [5.74, 6) is 2.21. The van der Waals surface area contributed by atoms with E-state index in [4.69, 9.17) is 9.88 Å². The van der Waals surface area contributed by atoms with Crippen molar-refractivity contribution in [2.45, 2.75) is 37.8 Å². The monoisotopic (exact) mass is 416 g/mol. The van der Waals surface area contributed by atoms with E-state index >= 15 is 0 Å². The van der Waals surface area contributed by atoms with Crippen LogP contribution in [0, 0.1) is 12.8 Å². The molecule has 1 aliphatic rings. The molecule has 156 valence electrons. The molecule has 3 rings (SSSR count). The van der Waals surface area contributed by atoms with E-state index in [0.29, 0.717) is 25.0 Å². The molecule has 0 heterocycles. The zero-order chi connectivity index (χ0) is 20.9. The first kappa shape index (κ1) is 21.1. The molecule has 0 saturated heterocycles. The van der Waals surface area contributed by atoms with Crippen molar-refractivity contribution in [1.82, 2.24) is 10.6 Å². The number of rotatable bonds is 8. The lowest BCUT2D eigenvalue weighted by Crippen LogP contribution is -2.36. The first-order chi connectivity index (χ1) is 13.8. The van der Waals surface area contributed by atoms with Crippen LogP contribution in [-0.2, 0) is 23.1 Å². The minimum atomic E-state index is -3.72. The predicted octanol–water partition coefficient (Wildman–Crippen LogP) is 2.30. The van der Waals surface area contributed by atoms with E-state index < -0.39 is 10.0 Å². The number of guanidine groups is 1. The number of hydrogen-bond donors (Lipinski definition) is 3. The van der Waals surface area contributed by atoms with E-state index in [1.54, 1.807) is 19.2 Å². The maximum Gasteiger partial charge on any atom is 0.238 e. The van der Waals surface area contributed by atoms with Crippen molar-refractivity contribution in [2.24, 2.45) is 16.0 Å². The Hall–Kier alpha value is -2.58. The molecule has 0 unspecified atom stereocenters. The highest BCUT2D eigenvalue weighted by molar-refractivity contribution is 7.89. The zero-order valence-corrected chi connectivity index (χ0v) is 17.6. The smallest absolute Gasteiger partial charge is 0.238 e. The second-order valence-electron chi connectivity index (χ2n) is 7.34. The Labute approximate surface area is 172 Å². The maximum atomic E-state index is 11.5. The summed E-state index contributed by atoms with van der Waals surface area (Å²) in [5, 5.41) is 11.7. The van der Waals surface area contributed by atoms with Gasteiger partial charge >= 0.3 is 0 Å². The quantitative estimate of drug-likeness (QED) is 0.452. The third kappa shape index (κ3) is 6.47. The molecule has 0 bridgehead atoms. The van der Waals surface area contributed by atoms with Crippen LogP contribution in [0.4, 0.5) is 0 Å². The number of primary sulfonamides is 1. The zero-order valence-electron chi connectivity index (χ0n) is 16.8. The number of nitrogens with one attached hydrogen (secondary N) is 2. The van der Waals surface area contributed by atoms with Crippen LogP contribution in [-0.4, -0.2) is 28.0 Å². The van der Waals surface area contributed by atoms with Gasteiger partial charge in [0, 0.05) is 25.7 Å². The van der Waals surface area contributed by atoms with Gasteiger partial charge in [0.15, 0.2) is 5.96 Å². The van der Waals surface area contributed by atoms with Gasteiger partial charge in [0.05, 0.1) is 11.5 Å². The van der Waals surface area contributed by atoms with Crippen molar-refractivity contribution >= 4 is 16.0 Å². The Morgan fingerprint density at radius 3 is 2.62 bits per heavy atom. The van der Waals surface area contributed by atoms with Gasteiger partial charge in [-0.15, -0.1) is 0 Å². The molecule has 4 N–H and O–H groups in total. The highest BCUT2D eigenvalue weighted by Crippen LogP contribution is 2.30. The molecule has 8 heteroatoms. The van der Waals surface area contributed by atoms with Crippen molar-refractivity contribution in [2.75, 3.05) is 13.7 Å². The summed E-state index contributed by atoms with van der Waals surface area (Å²) in [6, 6.07) is 12.7. The van der Waals surface area contributed by atoms with E-state index in [0.717, 1.165) is 29.0 Å². The van der Waals surface area contributed by atoms with Crippen molar-refractivity contribution < 1.29 is 13.2 Å². The second kappa shape index (κ2) is 9.28. The lowest BCUT2D eigenvalue weighted by atomic mass is 10.1. The molecule has 0 atom stereocenters. The average molecular weight is 417 g/mol. The third-order valence-corrected chi connectivity index (χ3v) is 5.66. The summed E-state index contributed by atoms with van der Waals surface area (Å²) in [5.41, 5.74) is 3.02. The Kier molecular flexibility index (Phi) is 6.76. The number of ether oxygens (including phenoxy) is 1. The molecule has 1 saturated carbocycles. The van der Waals surface area contributed by atoms with Gasteiger partial charge in [-0.1, -0.05) is 24.3 Å². The molecule has 2 aromatic rings. The van der Waals surface area contributed by atoms with Gasteiger partial charge in [0.25, 0.3) is 0 Å². The SMILES string of the molecule is CN=C(NCc1cccc(S(N)(=O)=O)c1)NCc1ccc(C)cc1OCC1CC1. The number of sulfonamides is 1. The van der Waals surface area contributed by atoms with Crippen LogP contribution in [0.3, 0.4) is 0 Å². The van der Waals surface area contributed by atoms with Crippen molar-refractivity contribution in [3.63, 3.8) is 0 Å². The molecular weight excluding hydrogens is 388 g/mol. The van der Waals surface area contributed by atoms with Crippen LogP contribution >= 0.6 is 0 Å². The highest BCUT2D eigenvalue weighted by atomic mass is 32.2. The van der Waals surface area contributed by atoms with Gasteiger partial charge in [-0.05, 0) is 55.0 Å². The highest BCUT2D eigenvalue weighted by Gasteiger charge is 2.22. The van der Waals surface area contributed by atoms with Crippen LogP contribution in [0.2, 0.25) is 0 Å². The molecule has 29 heavy (non-hydrogen) atoms. The standard InChI is InChI=1S/C21H28N4O3S/c1-15-6-9-18(20(10-15)28-14-16-7-8-16)13-25-21(23-2)24-12-17-4-3-5-19(11-17)29(22,26)27/h3-6,9-11,16H,7-8,12-14H2,1-2H3,(H2,22,26,27)(H2,23,24,25). The van der Waals surface area contributed by atoms with Crippen LogP contribution in [0.15, 0.2) is 52.4 Å². The summed E-state index contributed by atoms with van der Waals surface area (Å²) in [7, 11) is -2.03. The van der Waals surface area contributed by atoms with Crippen molar-refractivity contribution in [1.29, 1.82) is 0 Å². The lowest BCUT2D eigenvalue weighted by molar-refractivity contribution is 0.296. The summed E-state index contributed by atoms with van der Waals surface area (Å²) in [4.78, 5) is 4.33. The summed E-state index contributed by atoms with van der Waals surface area (Å²) >= 11 is 0. The summed E-state index contributed by atoms with van der Waals surface area (Å²) in [6.07, 6.45) is 2.51. The van der Waals surface area contributed by atoms with Crippen molar-refractivity contribution in [3.05, 3.63) is 59.2 Å². The van der Waals surface area contributed by atoms with Gasteiger partial charge in [0.2, 0.25) is 10.0 Å². The van der Waals surface area contributed by atoms with Gasteiger partial charge in [0.1, 0.15) is 5.75 Å². The molecule has 1 fully saturated rings. The predicted molar refractivity (Wildman–Crippen MR) is 114 cm³/mol. The fourth-order valence-corrected chi connectivity index (χ4v) is 3.44. The first-order valence-electron chi connectivity index (χ1n) is 9.64. The van der Waals surface area contributed by atoms with Gasteiger partial charge in [-0.3, -0.25) is 4.99 Å². The normalized spacial score (nSPS) is 14.5. The largest absolute Gasteiger partial charge is 0.493 e. The van der Waals surface area contributed by atoms with Crippen LogP contribution in [0.1, 0.15) is 29.5 Å². The van der Waals surface area contributed by atoms with Gasteiger partial charge in [-0.25, -0.2) is 13.6 Å². The molecular formula is C21H28N4O3S. The number of nitrogens with zero attached hydrogens (tertiary/aromatic N) is 1. The topological polar surface area (TPSA) is 106 Å². The van der Waals surface area contributed by atoms with Crippen LogP contribution in [0.5, 0.6) is 5.75 Å². The van der Waals surface area contributed by atoms with E-state index in [1.807, 2.05) is 6.07 Å². The van der Waals surface area contributed by atoms with E-state index in [1.165, 1.54) is 18.9 Å². The minimum absolute atomic E-state index is 0.0943. The lowest BCUT2D eigenvalue weighted by Gasteiger charge is -2.15. The van der Waals surface area contributed by atoms with E-state index in [2.05, 4.69) is 40.7 Å². The van der Waals surface area contributed by atoms with E-state index in [-0.39, 0.29) is 4.90 Å². The third-order valence-electron chi connectivity index (χ3n) is 4.75. The number of nitrogens with two attached hydrogens (primary N) is 1. The number of aryl methyl sites for hydroxylation is 1. The van der Waals surface area contributed by atoms with E-state index in [9.17, 15) is 8.42 Å². The Balaban J connectivity index is 1.58. The Morgan fingerprint density at radius 2 is 1.93 bits per heavy atom. The molecule has 1 aliphatic carbocycles.